The van der Waals surface area contributed by atoms with E-state index in [9.17, 15) is 29.1 Å². The fourth-order valence-electron chi connectivity index (χ4n) is 8.28. The lowest BCUT2D eigenvalue weighted by Crippen LogP contribution is -2.59. The van der Waals surface area contributed by atoms with Crippen LogP contribution in [0.4, 0.5) is 0 Å². The summed E-state index contributed by atoms with van der Waals surface area (Å²) in [4.78, 5) is 21.1. The smallest absolute Gasteiger partial charge is 0.331 e. The summed E-state index contributed by atoms with van der Waals surface area (Å²) in [7, 11) is -8.12. The molecule has 2 aliphatic rings. The van der Waals surface area contributed by atoms with Gasteiger partial charge in [0.25, 0.3) is 0 Å². The van der Waals surface area contributed by atoms with Crippen molar-refractivity contribution in [3.05, 3.63) is 59.7 Å². The summed E-state index contributed by atoms with van der Waals surface area (Å²) in [5, 5.41) is 28.1. The van der Waals surface area contributed by atoms with E-state index < -0.39 is 57.3 Å². The van der Waals surface area contributed by atoms with Crippen molar-refractivity contribution in [3.63, 3.8) is 0 Å². The van der Waals surface area contributed by atoms with Gasteiger partial charge in [0.1, 0.15) is 24.7 Å². The van der Waals surface area contributed by atoms with Crippen LogP contribution in [0.3, 0.4) is 0 Å². The predicted octanol–water partition coefficient (Wildman–Crippen LogP) is 6.51. The van der Waals surface area contributed by atoms with Gasteiger partial charge in [0, 0.05) is 27.6 Å². The van der Waals surface area contributed by atoms with Crippen LogP contribution in [0.25, 0.3) is 0 Å². The number of aliphatic hydroxyl groups excluding tert-OH is 2. The fourth-order valence-corrected chi connectivity index (χ4v) is 11.0. The van der Waals surface area contributed by atoms with E-state index in [4.69, 9.17) is 18.5 Å². The van der Waals surface area contributed by atoms with Crippen molar-refractivity contribution in [3.8, 4) is 11.5 Å². The summed E-state index contributed by atoms with van der Waals surface area (Å²) >= 11 is 0. The lowest BCUT2D eigenvalue weighted by Gasteiger charge is -2.46. The number of ether oxygens (including phenoxy) is 2. The van der Waals surface area contributed by atoms with Gasteiger partial charge < -0.3 is 49.2 Å². The monoisotopic (exact) mass is 782 g/mol. The molecule has 4 unspecified atom stereocenters. The van der Waals surface area contributed by atoms with Crippen molar-refractivity contribution in [1.82, 2.24) is 10.6 Å². The van der Waals surface area contributed by atoms with Gasteiger partial charge in [-0.05, 0) is 116 Å². The number of rotatable bonds is 16. The Morgan fingerprint density at radius 1 is 0.623 bits per heavy atom. The van der Waals surface area contributed by atoms with Crippen molar-refractivity contribution in [2.75, 3.05) is 25.5 Å². The first-order valence-corrected chi connectivity index (χ1v) is 22.1. The van der Waals surface area contributed by atoms with Crippen LogP contribution >= 0.6 is 15.2 Å². The summed E-state index contributed by atoms with van der Waals surface area (Å²) in [6.45, 7) is 20.2. The first-order chi connectivity index (χ1) is 24.1. The molecule has 300 valence electrons. The second-order valence-electron chi connectivity index (χ2n) is 18.3. The van der Waals surface area contributed by atoms with Crippen molar-refractivity contribution in [2.24, 2.45) is 0 Å². The van der Waals surface area contributed by atoms with Gasteiger partial charge in [0.15, 0.2) is 0 Å². The molecular formula is C39H64N2O10P2. The SMILES string of the molecule is CC1(C)CC(OP(=O)(O)CC(O)COc2ccc(C(C)(C)c3ccc(OCC(O)CP(=O)(O)OC4CC(C)(C)NC(C)(C)C4)cc3)cc2)CC(C)(C)N1. The second kappa shape index (κ2) is 16.3. The van der Waals surface area contributed by atoms with Crippen LogP contribution in [0.1, 0.15) is 106 Å². The topological polar surface area (TPSA) is 176 Å². The first kappa shape index (κ1) is 43.9. The molecule has 6 N–H and O–H groups in total. The van der Waals surface area contributed by atoms with E-state index in [-0.39, 0.29) is 35.4 Å². The molecule has 2 aliphatic heterocycles. The van der Waals surface area contributed by atoms with Crippen LogP contribution in [0.15, 0.2) is 48.5 Å². The first-order valence-electron chi connectivity index (χ1n) is 18.6. The highest BCUT2D eigenvalue weighted by Gasteiger charge is 2.42. The maximum atomic E-state index is 12.9. The fraction of sp³-hybridized carbons (Fsp3) is 0.692. The van der Waals surface area contributed by atoms with Gasteiger partial charge in [-0.15, -0.1) is 0 Å². The summed E-state index contributed by atoms with van der Waals surface area (Å²) in [5.74, 6) is 1.03. The maximum absolute atomic E-state index is 12.9. The van der Waals surface area contributed by atoms with Crippen LogP contribution in [0, 0.1) is 0 Å². The highest BCUT2D eigenvalue weighted by Crippen LogP contribution is 2.48. The quantitative estimate of drug-likeness (QED) is 0.102. The normalized spacial score (nSPS) is 23.7. The molecule has 0 saturated carbocycles. The van der Waals surface area contributed by atoms with Crippen molar-refractivity contribution in [2.45, 2.75) is 147 Å². The van der Waals surface area contributed by atoms with Gasteiger partial charge in [-0.2, -0.15) is 0 Å². The summed E-state index contributed by atoms with van der Waals surface area (Å²) in [5.41, 5.74) is 0.651. The Morgan fingerprint density at radius 2 is 0.906 bits per heavy atom. The molecule has 2 aromatic rings. The molecule has 2 heterocycles. The molecule has 12 nitrogen and oxygen atoms in total. The van der Waals surface area contributed by atoms with Gasteiger partial charge in [-0.25, -0.2) is 0 Å². The Balaban J connectivity index is 1.24. The Kier molecular flexibility index (Phi) is 13.5. The highest BCUT2D eigenvalue weighted by atomic mass is 31.2. The number of hydrogen-bond acceptors (Lipinski definition) is 10. The minimum Gasteiger partial charge on any atom is -0.491 e. The molecule has 2 aromatic carbocycles. The Hall–Kier alpha value is -1.82. The molecular weight excluding hydrogens is 718 g/mol. The summed E-state index contributed by atoms with van der Waals surface area (Å²) in [6.07, 6.45) is -1.68. The van der Waals surface area contributed by atoms with E-state index in [1.165, 1.54) is 0 Å². The largest absolute Gasteiger partial charge is 0.491 e. The third-order valence-corrected chi connectivity index (χ3v) is 12.9. The summed E-state index contributed by atoms with van der Waals surface area (Å²) in [6, 6.07) is 14.9. The Morgan fingerprint density at radius 3 is 1.19 bits per heavy atom. The Bertz CT molecular complexity index is 1460. The van der Waals surface area contributed by atoms with E-state index in [1.807, 2.05) is 79.7 Å². The van der Waals surface area contributed by atoms with Crippen LogP contribution in [-0.2, 0) is 23.6 Å². The van der Waals surface area contributed by atoms with Gasteiger partial charge in [-0.1, -0.05) is 38.1 Å². The number of hydrogen-bond donors (Lipinski definition) is 6. The molecule has 0 amide bonds. The number of benzene rings is 2. The molecule has 0 spiro atoms. The molecule has 0 radical (unpaired) electrons. The van der Waals surface area contributed by atoms with Gasteiger partial charge >= 0.3 is 15.2 Å². The van der Waals surface area contributed by atoms with E-state index in [2.05, 4.69) is 24.5 Å². The third kappa shape index (κ3) is 13.7. The second-order valence-corrected chi connectivity index (χ2v) is 22.0. The number of nitrogens with one attached hydrogen (secondary N) is 2. The molecule has 4 rings (SSSR count). The molecule has 2 fully saturated rings. The average molecular weight is 783 g/mol. The highest BCUT2D eigenvalue weighted by molar-refractivity contribution is 7.53. The van der Waals surface area contributed by atoms with E-state index in [1.54, 1.807) is 24.3 Å². The zero-order chi connectivity index (χ0) is 39.7. The maximum Gasteiger partial charge on any atom is 0.331 e. The molecule has 53 heavy (non-hydrogen) atoms. The molecule has 0 aliphatic carbocycles. The van der Waals surface area contributed by atoms with Crippen LogP contribution < -0.4 is 20.1 Å². The number of aliphatic hydroxyl groups is 2. The minimum absolute atomic E-state index is 0.159. The van der Waals surface area contributed by atoms with Crippen LogP contribution in [0.2, 0.25) is 0 Å². The molecule has 2 saturated heterocycles. The van der Waals surface area contributed by atoms with Gasteiger partial charge in [0.2, 0.25) is 0 Å². The molecule has 14 heteroatoms. The lowest BCUT2D eigenvalue weighted by atomic mass is 9.78. The minimum atomic E-state index is -4.06. The zero-order valence-corrected chi connectivity index (χ0v) is 35.0. The van der Waals surface area contributed by atoms with Crippen molar-refractivity contribution >= 4 is 15.2 Å². The average Bonchev–Trinajstić information content (AvgIpc) is 2.95. The van der Waals surface area contributed by atoms with Crippen molar-refractivity contribution < 1.29 is 47.7 Å². The summed E-state index contributed by atoms with van der Waals surface area (Å²) < 4.78 is 48.6. The predicted molar refractivity (Wildman–Crippen MR) is 208 cm³/mol. The van der Waals surface area contributed by atoms with Crippen molar-refractivity contribution in [1.29, 1.82) is 0 Å². The molecule has 0 bridgehead atoms. The Labute approximate surface area is 316 Å². The molecule has 0 aromatic heterocycles. The number of piperidine rings is 2. The zero-order valence-electron chi connectivity index (χ0n) is 33.2. The third-order valence-electron chi connectivity index (χ3n) is 9.85. The lowest BCUT2D eigenvalue weighted by molar-refractivity contribution is 0.0437. The van der Waals surface area contributed by atoms with Gasteiger partial charge in [0.05, 0.1) is 36.7 Å². The standard InChI is InChI=1S/C39H64N2O10P2/c1-35(2)19-33(20-36(3,4)40-35)50-52(44,45)25-29(42)23-48-31-15-11-27(12-16-31)39(9,10)28-13-17-32(18-14-28)49-24-30(43)26-53(46,47)51-34-21-37(5,6)41-38(7,8)22-34/h11-18,29-30,33-34,40-43H,19-26H2,1-10H3,(H,44,45)(H,46,47). The van der Waals surface area contributed by atoms with Crippen LogP contribution in [0.5, 0.6) is 11.5 Å². The van der Waals surface area contributed by atoms with Gasteiger partial charge in [-0.3, -0.25) is 9.13 Å². The van der Waals surface area contributed by atoms with E-state index in [0.29, 0.717) is 37.2 Å². The van der Waals surface area contributed by atoms with Crippen LogP contribution in [-0.4, -0.2) is 92.1 Å². The van der Waals surface area contributed by atoms with E-state index >= 15 is 0 Å². The molecule has 4 atom stereocenters. The van der Waals surface area contributed by atoms with E-state index in [0.717, 1.165) is 11.1 Å².